The van der Waals surface area contributed by atoms with E-state index in [1.165, 1.54) is 32.1 Å². The molecule has 2 bridgehead atoms. The van der Waals surface area contributed by atoms with Gasteiger partial charge < -0.3 is 10.4 Å². The van der Waals surface area contributed by atoms with E-state index in [-0.39, 0.29) is 12.6 Å². The number of rotatable bonds is 3. The average Bonchev–Trinajstić information content (AvgIpc) is 2.87. The first-order valence-electron chi connectivity index (χ1n) is 6.66. The lowest BCUT2D eigenvalue weighted by Gasteiger charge is -2.33. The molecule has 0 spiro atoms. The van der Waals surface area contributed by atoms with Crippen molar-refractivity contribution in [3.05, 3.63) is 0 Å². The Labute approximate surface area is 92.4 Å². The topological polar surface area (TPSA) is 32.3 Å². The van der Waals surface area contributed by atoms with E-state index in [2.05, 4.69) is 12.2 Å². The maximum absolute atomic E-state index is 9.09. The van der Waals surface area contributed by atoms with Crippen LogP contribution in [0.15, 0.2) is 0 Å². The molecule has 2 nitrogen and oxygen atoms in total. The largest absolute Gasteiger partial charge is 0.395 e. The van der Waals surface area contributed by atoms with Crippen molar-refractivity contribution in [3.63, 3.8) is 0 Å². The van der Waals surface area contributed by atoms with Crippen molar-refractivity contribution in [2.75, 3.05) is 6.61 Å². The molecule has 0 aliphatic heterocycles. The fourth-order valence-electron chi connectivity index (χ4n) is 4.68. The number of nitrogens with one attached hydrogen (secondary N) is 1. The summed E-state index contributed by atoms with van der Waals surface area (Å²) in [6.07, 6.45) is 7.33. The molecule has 3 saturated carbocycles. The first-order chi connectivity index (χ1) is 7.29. The monoisotopic (exact) mass is 209 g/mol. The van der Waals surface area contributed by atoms with Gasteiger partial charge in [-0.2, -0.15) is 0 Å². The van der Waals surface area contributed by atoms with Gasteiger partial charge in [-0.3, -0.25) is 0 Å². The SMILES string of the molecule is C[C@@H](CO)N[C@H]1C[C@@H]2C[C@@H]1[C@H]1CCC[C@H]21. The molecule has 0 unspecified atom stereocenters. The zero-order valence-corrected chi connectivity index (χ0v) is 9.65. The third-order valence-electron chi connectivity index (χ3n) is 5.20. The molecule has 2 N–H and O–H groups in total. The van der Waals surface area contributed by atoms with E-state index in [1.807, 2.05) is 0 Å². The van der Waals surface area contributed by atoms with Crippen molar-refractivity contribution < 1.29 is 5.11 Å². The van der Waals surface area contributed by atoms with Crippen LogP contribution >= 0.6 is 0 Å². The predicted octanol–water partition coefficient (Wildman–Crippen LogP) is 1.78. The Morgan fingerprint density at radius 2 is 2.00 bits per heavy atom. The molecular formula is C13H23NO. The summed E-state index contributed by atoms with van der Waals surface area (Å²) < 4.78 is 0. The molecule has 0 aromatic rings. The van der Waals surface area contributed by atoms with Gasteiger partial charge in [-0.25, -0.2) is 0 Å². The average molecular weight is 209 g/mol. The van der Waals surface area contributed by atoms with Gasteiger partial charge in [-0.1, -0.05) is 6.42 Å². The summed E-state index contributed by atoms with van der Waals surface area (Å²) in [4.78, 5) is 0. The first kappa shape index (κ1) is 10.1. The third-order valence-corrected chi connectivity index (χ3v) is 5.20. The second-order valence-corrected chi connectivity index (χ2v) is 6.01. The van der Waals surface area contributed by atoms with Crippen LogP contribution in [-0.4, -0.2) is 23.8 Å². The Morgan fingerprint density at radius 1 is 1.20 bits per heavy atom. The Bertz CT molecular complexity index is 243. The summed E-state index contributed by atoms with van der Waals surface area (Å²) in [7, 11) is 0. The first-order valence-corrected chi connectivity index (χ1v) is 6.66. The van der Waals surface area contributed by atoms with Gasteiger partial charge in [0.1, 0.15) is 0 Å². The van der Waals surface area contributed by atoms with Gasteiger partial charge in [0.15, 0.2) is 0 Å². The van der Waals surface area contributed by atoms with Crippen LogP contribution < -0.4 is 5.32 Å². The van der Waals surface area contributed by atoms with Crippen molar-refractivity contribution in [2.45, 2.75) is 51.1 Å². The zero-order chi connectivity index (χ0) is 10.4. The van der Waals surface area contributed by atoms with Crippen molar-refractivity contribution in [1.29, 1.82) is 0 Å². The van der Waals surface area contributed by atoms with Crippen molar-refractivity contribution in [3.8, 4) is 0 Å². The van der Waals surface area contributed by atoms with Crippen molar-refractivity contribution in [1.82, 2.24) is 5.32 Å². The Hall–Kier alpha value is -0.0800. The second-order valence-electron chi connectivity index (χ2n) is 6.01. The van der Waals surface area contributed by atoms with Crippen LogP contribution in [0.5, 0.6) is 0 Å². The van der Waals surface area contributed by atoms with E-state index in [0.717, 1.165) is 29.7 Å². The minimum Gasteiger partial charge on any atom is -0.395 e. The molecule has 3 aliphatic carbocycles. The van der Waals surface area contributed by atoms with Gasteiger partial charge in [-0.15, -0.1) is 0 Å². The van der Waals surface area contributed by atoms with Gasteiger partial charge in [0.05, 0.1) is 6.61 Å². The van der Waals surface area contributed by atoms with Gasteiger partial charge in [-0.05, 0) is 56.3 Å². The van der Waals surface area contributed by atoms with Crippen LogP contribution in [-0.2, 0) is 0 Å². The van der Waals surface area contributed by atoms with Gasteiger partial charge in [0.25, 0.3) is 0 Å². The molecule has 15 heavy (non-hydrogen) atoms. The normalized spacial score (nSPS) is 49.6. The fourth-order valence-corrected chi connectivity index (χ4v) is 4.68. The molecule has 2 heteroatoms. The highest BCUT2D eigenvalue weighted by Gasteiger charge is 2.53. The smallest absolute Gasteiger partial charge is 0.0582 e. The molecule has 3 rings (SSSR count). The van der Waals surface area contributed by atoms with Crippen LogP contribution in [0.4, 0.5) is 0 Å². The molecule has 0 heterocycles. The molecule has 3 aliphatic rings. The minimum absolute atomic E-state index is 0.280. The number of fused-ring (bicyclic) bond motifs is 5. The molecule has 3 fully saturated rings. The maximum atomic E-state index is 9.09. The lowest BCUT2D eigenvalue weighted by molar-refractivity contribution is 0.176. The van der Waals surface area contributed by atoms with Crippen LogP contribution in [0.25, 0.3) is 0 Å². The molecule has 6 atom stereocenters. The third kappa shape index (κ3) is 1.53. The molecular weight excluding hydrogens is 186 g/mol. The van der Waals surface area contributed by atoms with E-state index in [1.54, 1.807) is 0 Å². The summed E-state index contributed by atoms with van der Waals surface area (Å²) in [6, 6.07) is 1.01. The quantitative estimate of drug-likeness (QED) is 0.742. The standard InChI is InChI=1S/C13H23NO/c1-8(7-15)14-13-6-9-5-12(13)11-4-2-3-10(9)11/h8-15H,2-7H2,1H3/t8-,9-,10+,11-,12+,13-/m0/s1. The van der Waals surface area contributed by atoms with E-state index in [0.29, 0.717) is 0 Å². The second kappa shape index (κ2) is 3.74. The fraction of sp³-hybridized carbons (Fsp3) is 1.00. The molecule has 0 radical (unpaired) electrons. The van der Waals surface area contributed by atoms with Gasteiger partial charge in [0, 0.05) is 12.1 Å². The highest BCUT2D eigenvalue weighted by Crippen LogP contribution is 2.58. The van der Waals surface area contributed by atoms with Crippen LogP contribution in [0.2, 0.25) is 0 Å². The van der Waals surface area contributed by atoms with E-state index in [9.17, 15) is 0 Å². The maximum Gasteiger partial charge on any atom is 0.0582 e. The summed E-state index contributed by atoms with van der Waals surface area (Å²) in [5, 5.41) is 12.7. The van der Waals surface area contributed by atoms with Crippen LogP contribution in [0.3, 0.4) is 0 Å². The van der Waals surface area contributed by atoms with Crippen LogP contribution in [0, 0.1) is 23.7 Å². The van der Waals surface area contributed by atoms with E-state index in [4.69, 9.17) is 5.11 Å². The number of aliphatic hydroxyl groups excluding tert-OH is 1. The highest BCUT2D eigenvalue weighted by atomic mass is 16.3. The summed E-state index contributed by atoms with van der Waals surface area (Å²) in [5.41, 5.74) is 0. The van der Waals surface area contributed by atoms with Crippen LogP contribution in [0.1, 0.15) is 39.0 Å². The minimum atomic E-state index is 0.280. The Balaban J connectivity index is 1.65. The van der Waals surface area contributed by atoms with Gasteiger partial charge in [0.2, 0.25) is 0 Å². The molecule has 0 aromatic heterocycles. The number of hydrogen-bond donors (Lipinski definition) is 2. The summed E-state index contributed by atoms with van der Waals surface area (Å²) in [6.45, 7) is 2.38. The molecule has 0 amide bonds. The number of hydrogen-bond acceptors (Lipinski definition) is 2. The van der Waals surface area contributed by atoms with E-state index < -0.39 is 0 Å². The lowest BCUT2D eigenvalue weighted by Crippen LogP contribution is -2.44. The summed E-state index contributed by atoms with van der Waals surface area (Å²) >= 11 is 0. The number of aliphatic hydroxyl groups is 1. The Kier molecular flexibility index (Phi) is 2.52. The molecule has 0 aromatic carbocycles. The highest BCUT2D eigenvalue weighted by molar-refractivity contribution is 5.05. The predicted molar refractivity (Wildman–Crippen MR) is 60.5 cm³/mol. The van der Waals surface area contributed by atoms with Crippen molar-refractivity contribution >= 4 is 0 Å². The van der Waals surface area contributed by atoms with E-state index >= 15 is 0 Å². The van der Waals surface area contributed by atoms with Crippen molar-refractivity contribution in [2.24, 2.45) is 23.7 Å². The summed E-state index contributed by atoms with van der Waals surface area (Å²) in [5.74, 6) is 4.08. The van der Waals surface area contributed by atoms with Gasteiger partial charge >= 0.3 is 0 Å². The zero-order valence-electron chi connectivity index (χ0n) is 9.65. The lowest BCUT2D eigenvalue weighted by atomic mass is 9.79. The Morgan fingerprint density at radius 3 is 2.80 bits per heavy atom. The molecule has 86 valence electrons. The molecule has 0 saturated heterocycles.